The Morgan fingerprint density at radius 3 is 2.50 bits per heavy atom. The number of nitrogens with zero attached hydrogens (tertiary/aromatic N) is 3. The maximum Gasteiger partial charge on any atom is 0.220 e. The Morgan fingerprint density at radius 1 is 1.29 bits per heavy atom. The molecule has 1 aliphatic rings. The lowest BCUT2D eigenvalue weighted by Gasteiger charge is -2.34. The first-order valence-electron chi connectivity index (χ1n) is 9.61. The first-order valence-corrected chi connectivity index (χ1v) is 9.61. The highest BCUT2D eigenvalue weighted by molar-refractivity contribution is 14.0. The monoisotopic (exact) mass is 505 g/mol. The van der Waals surface area contributed by atoms with Gasteiger partial charge >= 0.3 is 0 Å². The molecule has 0 aliphatic carbocycles. The summed E-state index contributed by atoms with van der Waals surface area (Å²) in [5.41, 5.74) is 1.10. The number of aliphatic imine (C=N–C) groups is 1. The molecule has 0 aromatic heterocycles. The largest absolute Gasteiger partial charge is 0.359 e. The van der Waals surface area contributed by atoms with Crippen LogP contribution in [0.3, 0.4) is 0 Å². The Bertz CT molecular complexity index is 618. The molecule has 0 atom stereocenters. The van der Waals surface area contributed by atoms with E-state index in [1.165, 1.54) is 12.1 Å². The number of hydrogen-bond acceptors (Lipinski definition) is 3. The fourth-order valence-electron chi connectivity index (χ4n) is 3.38. The van der Waals surface area contributed by atoms with Crippen LogP contribution in [0.25, 0.3) is 0 Å². The first kappa shape index (κ1) is 24.6. The topological polar surface area (TPSA) is 60.0 Å². The zero-order valence-electron chi connectivity index (χ0n) is 17.1. The van der Waals surface area contributed by atoms with E-state index in [9.17, 15) is 9.18 Å². The third kappa shape index (κ3) is 8.30. The summed E-state index contributed by atoms with van der Waals surface area (Å²) in [6.07, 6.45) is 2.64. The predicted molar refractivity (Wildman–Crippen MR) is 122 cm³/mol. The van der Waals surface area contributed by atoms with Crippen molar-refractivity contribution >= 4 is 35.8 Å². The number of benzene rings is 1. The van der Waals surface area contributed by atoms with Crippen LogP contribution in [0.1, 0.15) is 24.8 Å². The second kappa shape index (κ2) is 12.9. The number of carbonyl (C=O) groups is 1. The number of likely N-dealkylation sites (tertiary alicyclic amines) is 1. The highest BCUT2D eigenvalue weighted by atomic mass is 127. The Balaban J connectivity index is 0.00000392. The van der Waals surface area contributed by atoms with Crippen LogP contribution in [0, 0.1) is 11.7 Å². The molecule has 28 heavy (non-hydrogen) atoms. The summed E-state index contributed by atoms with van der Waals surface area (Å²) in [5.74, 6) is 1.30. The fraction of sp³-hybridized carbons (Fsp3) is 0.600. The van der Waals surface area contributed by atoms with Crippen molar-refractivity contribution < 1.29 is 9.18 Å². The summed E-state index contributed by atoms with van der Waals surface area (Å²) in [4.78, 5) is 20.4. The molecule has 2 N–H and O–H groups in total. The third-order valence-electron chi connectivity index (χ3n) is 5.02. The maximum absolute atomic E-state index is 13.0. The number of halogens is 2. The van der Waals surface area contributed by atoms with Gasteiger partial charge in [-0.2, -0.15) is 0 Å². The van der Waals surface area contributed by atoms with E-state index in [2.05, 4.69) is 32.5 Å². The van der Waals surface area contributed by atoms with Crippen molar-refractivity contribution in [2.45, 2.75) is 25.8 Å². The Morgan fingerprint density at radius 2 is 1.93 bits per heavy atom. The van der Waals surface area contributed by atoms with Gasteiger partial charge in [-0.25, -0.2) is 4.39 Å². The van der Waals surface area contributed by atoms with Crippen molar-refractivity contribution in [2.75, 3.05) is 47.3 Å². The quantitative estimate of drug-likeness (QED) is 0.339. The average Bonchev–Trinajstić information content (AvgIpc) is 2.68. The lowest BCUT2D eigenvalue weighted by atomic mass is 9.93. The van der Waals surface area contributed by atoms with Crippen LogP contribution < -0.4 is 10.6 Å². The molecule has 8 heteroatoms. The minimum Gasteiger partial charge on any atom is -0.359 e. The van der Waals surface area contributed by atoms with Gasteiger partial charge in [-0.3, -0.25) is 9.79 Å². The molecule has 1 aromatic carbocycles. The molecule has 1 heterocycles. The minimum absolute atomic E-state index is 0. The van der Waals surface area contributed by atoms with Crippen LogP contribution in [0.2, 0.25) is 0 Å². The molecule has 0 bridgehead atoms. The van der Waals surface area contributed by atoms with E-state index >= 15 is 0 Å². The zero-order valence-corrected chi connectivity index (χ0v) is 19.4. The van der Waals surface area contributed by atoms with Crippen molar-refractivity contribution in [3.63, 3.8) is 0 Å². The molecule has 0 unspecified atom stereocenters. The second-order valence-electron chi connectivity index (χ2n) is 7.15. The van der Waals surface area contributed by atoms with Gasteiger partial charge in [0, 0.05) is 53.2 Å². The van der Waals surface area contributed by atoms with Crippen LogP contribution in [0.15, 0.2) is 29.3 Å². The van der Waals surface area contributed by atoms with Gasteiger partial charge in [-0.1, -0.05) is 12.1 Å². The molecular weight excluding hydrogens is 472 g/mol. The van der Waals surface area contributed by atoms with Crippen molar-refractivity contribution in [2.24, 2.45) is 10.9 Å². The van der Waals surface area contributed by atoms with Crippen LogP contribution in [-0.2, 0) is 11.3 Å². The van der Waals surface area contributed by atoms with Gasteiger partial charge in [0.2, 0.25) is 5.91 Å². The molecule has 1 fully saturated rings. The Labute approximate surface area is 185 Å². The van der Waals surface area contributed by atoms with Gasteiger partial charge in [-0.05, 0) is 43.5 Å². The van der Waals surface area contributed by atoms with Crippen molar-refractivity contribution in [1.82, 2.24) is 20.4 Å². The van der Waals surface area contributed by atoms with E-state index in [0.29, 0.717) is 12.3 Å². The van der Waals surface area contributed by atoms with Crippen LogP contribution in [-0.4, -0.2) is 69.0 Å². The van der Waals surface area contributed by atoms with E-state index in [4.69, 9.17) is 0 Å². The summed E-state index contributed by atoms with van der Waals surface area (Å²) < 4.78 is 13.0. The lowest BCUT2D eigenvalue weighted by Crippen LogP contribution is -2.47. The fourth-order valence-corrected chi connectivity index (χ4v) is 3.38. The second-order valence-corrected chi connectivity index (χ2v) is 7.15. The number of rotatable bonds is 7. The van der Waals surface area contributed by atoms with Crippen molar-refractivity contribution in [1.29, 1.82) is 0 Å². The molecule has 1 aromatic rings. The number of guanidine groups is 1. The van der Waals surface area contributed by atoms with Gasteiger partial charge in [0.1, 0.15) is 5.82 Å². The van der Waals surface area contributed by atoms with E-state index in [0.717, 1.165) is 57.1 Å². The van der Waals surface area contributed by atoms with E-state index in [-0.39, 0.29) is 35.7 Å². The summed E-state index contributed by atoms with van der Waals surface area (Å²) >= 11 is 0. The van der Waals surface area contributed by atoms with Gasteiger partial charge in [0.05, 0.1) is 0 Å². The summed E-state index contributed by atoms with van der Waals surface area (Å²) in [6.45, 7) is 4.29. The van der Waals surface area contributed by atoms with Crippen molar-refractivity contribution in [3.8, 4) is 0 Å². The third-order valence-corrected chi connectivity index (χ3v) is 5.02. The molecule has 1 amide bonds. The molecule has 0 spiro atoms. The van der Waals surface area contributed by atoms with E-state index in [1.807, 2.05) is 12.1 Å². The molecule has 158 valence electrons. The molecule has 0 saturated carbocycles. The summed E-state index contributed by atoms with van der Waals surface area (Å²) in [5, 5.41) is 6.13. The SMILES string of the molecule is CN=C(NCCN(C)Cc1ccc(F)cc1)N1CCC(CC(=O)NC)CC1.I. The van der Waals surface area contributed by atoms with Crippen molar-refractivity contribution in [3.05, 3.63) is 35.6 Å². The normalized spacial score (nSPS) is 15.3. The number of nitrogens with one attached hydrogen (secondary N) is 2. The standard InChI is InChI=1S/C20H32FN5O.HI/c1-22-19(27)14-16-8-11-26(12-9-16)20(23-2)24-10-13-25(3)15-17-4-6-18(21)7-5-17;/h4-7,16H,8-15H2,1-3H3,(H,22,27)(H,23,24);1H. The van der Waals surface area contributed by atoms with Crippen LogP contribution in [0.5, 0.6) is 0 Å². The number of piperidine rings is 1. The lowest BCUT2D eigenvalue weighted by molar-refractivity contribution is -0.121. The summed E-state index contributed by atoms with van der Waals surface area (Å²) in [7, 11) is 5.55. The van der Waals surface area contributed by atoms with Gasteiger partial charge in [0.15, 0.2) is 5.96 Å². The zero-order chi connectivity index (χ0) is 19.6. The van der Waals surface area contributed by atoms with E-state index in [1.54, 1.807) is 14.1 Å². The summed E-state index contributed by atoms with van der Waals surface area (Å²) in [6, 6.07) is 6.64. The number of amides is 1. The molecule has 0 radical (unpaired) electrons. The van der Waals surface area contributed by atoms with Gasteiger partial charge in [0.25, 0.3) is 0 Å². The van der Waals surface area contributed by atoms with Crippen LogP contribution >= 0.6 is 24.0 Å². The average molecular weight is 505 g/mol. The molecule has 1 aliphatic heterocycles. The molecule has 2 rings (SSSR count). The Kier molecular flexibility index (Phi) is 11.4. The molecule has 1 saturated heterocycles. The maximum atomic E-state index is 13.0. The smallest absolute Gasteiger partial charge is 0.220 e. The number of likely N-dealkylation sites (N-methyl/N-ethyl adjacent to an activating group) is 1. The van der Waals surface area contributed by atoms with Gasteiger partial charge in [-0.15, -0.1) is 24.0 Å². The number of carbonyl (C=O) groups excluding carboxylic acids is 1. The molecule has 6 nitrogen and oxygen atoms in total. The highest BCUT2D eigenvalue weighted by Crippen LogP contribution is 2.20. The molecular formula is C20H33FIN5O. The van der Waals surface area contributed by atoms with E-state index < -0.39 is 0 Å². The minimum atomic E-state index is -0.203. The first-order chi connectivity index (χ1) is 13.0. The van der Waals surface area contributed by atoms with Crippen LogP contribution in [0.4, 0.5) is 4.39 Å². The predicted octanol–water partition coefficient (Wildman–Crippen LogP) is 2.30. The number of hydrogen-bond donors (Lipinski definition) is 2. The van der Waals surface area contributed by atoms with Gasteiger partial charge < -0.3 is 20.4 Å². The Hall–Kier alpha value is -1.42. The highest BCUT2D eigenvalue weighted by Gasteiger charge is 2.22.